The number of alkyl halides is 3. The van der Waals surface area contributed by atoms with E-state index < -0.39 is 24.7 Å². The lowest BCUT2D eigenvalue weighted by molar-refractivity contribution is -0.136. The fourth-order valence-corrected chi connectivity index (χ4v) is 1.53. The first kappa shape index (κ1) is 12.1. The average molecular weight is 285 g/mol. The minimum atomic E-state index is -4.28. The van der Waals surface area contributed by atoms with Crippen molar-refractivity contribution in [3.8, 4) is 0 Å². The van der Waals surface area contributed by atoms with Gasteiger partial charge in [-0.05, 0) is 22.0 Å². The van der Waals surface area contributed by atoms with Gasteiger partial charge in [0.25, 0.3) is 5.56 Å². The Morgan fingerprint density at radius 3 is 2.60 bits per heavy atom. The zero-order chi connectivity index (χ0) is 11.6. The number of anilines is 1. The Hall–Kier alpha value is -0.980. The van der Waals surface area contributed by atoms with E-state index in [2.05, 4.69) is 15.9 Å². The van der Waals surface area contributed by atoms with Gasteiger partial charge in [-0.2, -0.15) is 13.2 Å². The van der Waals surface area contributed by atoms with E-state index in [1.165, 1.54) is 12.3 Å². The molecule has 1 heterocycles. The van der Waals surface area contributed by atoms with Gasteiger partial charge in [0.1, 0.15) is 0 Å². The number of halogens is 4. The van der Waals surface area contributed by atoms with Crippen molar-refractivity contribution in [3.05, 3.63) is 27.1 Å². The summed E-state index contributed by atoms with van der Waals surface area (Å²) < 4.78 is 36.8. The molecular weight excluding hydrogens is 277 g/mol. The Morgan fingerprint density at radius 1 is 1.47 bits per heavy atom. The molecule has 0 spiro atoms. The van der Waals surface area contributed by atoms with E-state index in [0.29, 0.717) is 0 Å². The van der Waals surface area contributed by atoms with Crippen molar-refractivity contribution in [3.63, 3.8) is 0 Å². The van der Waals surface area contributed by atoms with Crippen molar-refractivity contribution in [1.29, 1.82) is 0 Å². The molecule has 3 nitrogen and oxygen atoms in total. The fourth-order valence-electron chi connectivity index (χ4n) is 1.03. The molecule has 7 heteroatoms. The summed E-state index contributed by atoms with van der Waals surface area (Å²) in [6, 6.07) is 1.35. The number of nitrogen functional groups attached to an aromatic ring is 1. The van der Waals surface area contributed by atoms with Crippen LogP contribution in [0.1, 0.15) is 6.42 Å². The van der Waals surface area contributed by atoms with E-state index in [4.69, 9.17) is 5.73 Å². The van der Waals surface area contributed by atoms with E-state index in [-0.39, 0.29) is 10.2 Å². The highest BCUT2D eigenvalue weighted by molar-refractivity contribution is 9.10. The van der Waals surface area contributed by atoms with Gasteiger partial charge in [0.2, 0.25) is 0 Å². The van der Waals surface area contributed by atoms with Crippen LogP contribution in [0.25, 0.3) is 0 Å². The van der Waals surface area contributed by atoms with E-state index in [9.17, 15) is 18.0 Å². The Bertz CT molecular complexity index is 413. The molecule has 1 aromatic heterocycles. The molecule has 0 bridgehead atoms. The fraction of sp³-hybridized carbons (Fsp3) is 0.375. The van der Waals surface area contributed by atoms with Gasteiger partial charge < -0.3 is 10.3 Å². The molecule has 0 aliphatic carbocycles. The first-order valence-corrected chi connectivity index (χ1v) is 4.81. The number of pyridine rings is 1. The van der Waals surface area contributed by atoms with Crippen LogP contribution < -0.4 is 11.3 Å². The predicted molar refractivity (Wildman–Crippen MR) is 53.5 cm³/mol. The number of nitrogens with zero attached hydrogens (tertiary/aromatic N) is 1. The van der Waals surface area contributed by atoms with Crippen LogP contribution in [0.4, 0.5) is 18.9 Å². The van der Waals surface area contributed by atoms with Crippen LogP contribution in [0.3, 0.4) is 0 Å². The third kappa shape index (κ3) is 3.58. The molecule has 0 amide bonds. The molecule has 0 aromatic carbocycles. The normalized spacial score (nSPS) is 11.7. The van der Waals surface area contributed by atoms with Crippen molar-refractivity contribution >= 4 is 21.6 Å². The van der Waals surface area contributed by atoms with Gasteiger partial charge >= 0.3 is 6.18 Å². The summed E-state index contributed by atoms with van der Waals surface area (Å²) in [7, 11) is 0. The first-order valence-electron chi connectivity index (χ1n) is 4.02. The Balaban J connectivity index is 2.91. The van der Waals surface area contributed by atoms with Crippen molar-refractivity contribution in [2.75, 3.05) is 5.73 Å². The minimum Gasteiger partial charge on any atom is -0.398 e. The Kier molecular flexibility index (Phi) is 3.43. The Labute approximate surface area is 91.8 Å². The lowest BCUT2D eigenvalue weighted by atomic mass is 10.3. The van der Waals surface area contributed by atoms with Gasteiger partial charge in [0.05, 0.1) is 10.9 Å². The van der Waals surface area contributed by atoms with Crippen LogP contribution in [0.15, 0.2) is 21.5 Å². The lowest BCUT2D eigenvalue weighted by Gasteiger charge is -2.09. The number of hydrogen-bond acceptors (Lipinski definition) is 2. The van der Waals surface area contributed by atoms with Crippen LogP contribution >= 0.6 is 15.9 Å². The summed E-state index contributed by atoms with van der Waals surface area (Å²) in [5.41, 5.74) is 5.12. The van der Waals surface area contributed by atoms with Crippen LogP contribution in [-0.4, -0.2) is 10.7 Å². The quantitative estimate of drug-likeness (QED) is 0.905. The average Bonchev–Trinajstić information content (AvgIpc) is 2.07. The van der Waals surface area contributed by atoms with E-state index in [0.717, 1.165) is 4.57 Å². The first-order chi connectivity index (χ1) is 6.79. The largest absolute Gasteiger partial charge is 0.398 e. The Morgan fingerprint density at radius 2 is 2.07 bits per heavy atom. The van der Waals surface area contributed by atoms with Crippen LogP contribution in [0, 0.1) is 0 Å². The molecule has 84 valence electrons. The monoisotopic (exact) mass is 284 g/mol. The molecule has 0 atom stereocenters. The number of aromatic nitrogens is 1. The maximum Gasteiger partial charge on any atom is 0.390 e. The van der Waals surface area contributed by atoms with E-state index in [1.54, 1.807) is 0 Å². The van der Waals surface area contributed by atoms with Crippen LogP contribution in [0.5, 0.6) is 0 Å². The molecule has 1 aromatic rings. The summed E-state index contributed by atoms with van der Waals surface area (Å²) >= 11 is 2.92. The number of rotatable bonds is 2. The molecule has 15 heavy (non-hydrogen) atoms. The van der Waals surface area contributed by atoms with Crippen molar-refractivity contribution in [2.24, 2.45) is 0 Å². The molecule has 0 radical (unpaired) electrons. The summed E-state index contributed by atoms with van der Waals surface area (Å²) in [6.45, 7) is -0.425. The summed E-state index contributed by atoms with van der Waals surface area (Å²) in [5, 5.41) is 0. The molecule has 0 unspecified atom stereocenters. The summed E-state index contributed by atoms with van der Waals surface area (Å²) in [5.74, 6) is 0. The number of hydrogen-bond donors (Lipinski definition) is 1. The molecule has 0 aliphatic rings. The number of aryl methyl sites for hydroxylation is 1. The lowest BCUT2D eigenvalue weighted by Crippen LogP contribution is -2.23. The third-order valence-electron chi connectivity index (χ3n) is 1.70. The maximum atomic E-state index is 11.9. The van der Waals surface area contributed by atoms with Crippen LogP contribution in [-0.2, 0) is 6.54 Å². The second-order valence-electron chi connectivity index (χ2n) is 2.99. The van der Waals surface area contributed by atoms with E-state index >= 15 is 0 Å². The maximum absolute atomic E-state index is 11.9. The van der Waals surface area contributed by atoms with Gasteiger partial charge in [0, 0.05) is 18.4 Å². The SMILES string of the molecule is Nc1cc(Br)c(=O)n(CCC(F)(F)F)c1. The van der Waals surface area contributed by atoms with Gasteiger partial charge in [-0.1, -0.05) is 0 Å². The van der Waals surface area contributed by atoms with Gasteiger partial charge in [-0.3, -0.25) is 4.79 Å². The summed E-state index contributed by atoms with van der Waals surface area (Å²) in [4.78, 5) is 11.3. The number of nitrogens with two attached hydrogens (primary N) is 1. The zero-order valence-corrected chi connectivity index (χ0v) is 9.10. The zero-order valence-electron chi connectivity index (χ0n) is 7.51. The summed E-state index contributed by atoms with van der Waals surface area (Å²) in [6.07, 6.45) is -4.14. The highest BCUT2D eigenvalue weighted by Crippen LogP contribution is 2.20. The van der Waals surface area contributed by atoms with Crippen molar-refractivity contribution in [2.45, 2.75) is 19.1 Å². The molecular formula is C8H8BrF3N2O. The molecule has 1 rings (SSSR count). The predicted octanol–water partition coefficient (Wildman–Crippen LogP) is 2.15. The van der Waals surface area contributed by atoms with Gasteiger partial charge in [-0.15, -0.1) is 0 Å². The second-order valence-corrected chi connectivity index (χ2v) is 3.84. The molecule has 0 saturated carbocycles. The standard InChI is InChI=1S/C8H8BrF3N2O/c9-6-3-5(13)4-14(7(6)15)2-1-8(10,11)12/h3-4H,1-2,13H2. The van der Waals surface area contributed by atoms with Crippen LogP contribution in [0.2, 0.25) is 0 Å². The van der Waals surface area contributed by atoms with Crippen molar-refractivity contribution < 1.29 is 13.2 Å². The highest BCUT2D eigenvalue weighted by Gasteiger charge is 2.26. The van der Waals surface area contributed by atoms with Crippen molar-refractivity contribution in [1.82, 2.24) is 4.57 Å². The topological polar surface area (TPSA) is 48.0 Å². The molecule has 0 saturated heterocycles. The van der Waals surface area contributed by atoms with Gasteiger partial charge in [0.15, 0.2) is 0 Å². The van der Waals surface area contributed by atoms with Gasteiger partial charge in [-0.25, -0.2) is 0 Å². The highest BCUT2D eigenvalue weighted by atomic mass is 79.9. The second kappa shape index (κ2) is 4.26. The smallest absolute Gasteiger partial charge is 0.390 e. The van der Waals surface area contributed by atoms with E-state index in [1.807, 2.05) is 0 Å². The third-order valence-corrected chi connectivity index (χ3v) is 2.27. The molecule has 0 aliphatic heterocycles. The minimum absolute atomic E-state index is 0.157. The molecule has 0 fully saturated rings. The molecule has 2 N–H and O–H groups in total.